The van der Waals surface area contributed by atoms with Crippen LogP contribution in [-0.2, 0) is 9.59 Å². The number of carbonyl (C=O) groups is 2. The van der Waals surface area contributed by atoms with Crippen LogP contribution < -0.4 is 14.8 Å². The summed E-state index contributed by atoms with van der Waals surface area (Å²) in [6.07, 6.45) is 4.61. The first-order chi connectivity index (χ1) is 15.1. The molecule has 31 heavy (non-hydrogen) atoms. The van der Waals surface area contributed by atoms with E-state index in [9.17, 15) is 9.59 Å². The van der Waals surface area contributed by atoms with Crippen molar-refractivity contribution in [2.24, 2.45) is 4.99 Å². The third-order valence-electron chi connectivity index (χ3n) is 5.97. The van der Waals surface area contributed by atoms with Gasteiger partial charge in [-0.2, -0.15) is 0 Å². The molecule has 1 heterocycles. The highest BCUT2D eigenvalue weighted by molar-refractivity contribution is 6.47. The second-order valence-corrected chi connectivity index (χ2v) is 7.87. The second-order valence-electron chi connectivity index (χ2n) is 7.87. The first kappa shape index (κ1) is 20.9. The monoisotopic (exact) mass is 421 g/mol. The minimum absolute atomic E-state index is 0.0555. The van der Waals surface area contributed by atoms with Crippen molar-refractivity contribution in [3.63, 3.8) is 0 Å². The largest absolute Gasteiger partial charge is 0.497 e. The maximum atomic E-state index is 13.4. The zero-order valence-electron chi connectivity index (χ0n) is 17.9. The van der Waals surface area contributed by atoms with Crippen LogP contribution in [-0.4, -0.2) is 48.9 Å². The Balaban J connectivity index is 1.58. The van der Waals surface area contributed by atoms with E-state index in [2.05, 4.69) is 5.32 Å². The van der Waals surface area contributed by atoms with Crippen LogP contribution in [0, 0.1) is 0 Å². The summed E-state index contributed by atoms with van der Waals surface area (Å²) in [5.41, 5.74) is 1.08. The first-order valence-electron chi connectivity index (χ1n) is 10.6. The molecule has 0 unspecified atom stereocenters. The molecule has 7 nitrogen and oxygen atoms in total. The molecule has 4 rings (SSSR count). The van der Waals surface area contributed by atoms with Gasteiger partial charge in [-0.25, -0.2) is 0 Å². The molecule has 0 aromatic heterocycles. The van der Waals surface area contributed by atoms with E-state index in [1.54, 1.807) is 31.3 Å². The third-order valence-corrected chi connectivity index (χ3v) is 5.97. The highest BCUT2D eigenvalue weighted by Crippen LogP contribution is 2.39. The number of nitrogens with zero attached hydrogens (tertiary/aromatic N) is 2. The number of amides is 2. The van der Waals surface area contributed by atoms with E-state index in [1.807, 2.05) is 36.4 Å². The maximum absolute atomic E-state index is 13.4. The van der Waals surface area contributed by atoms with Gasteiger partial charge < -0.3 is 19.7 Å². The fourth-order valence-corrected chi connectivity index (χ4v) is 4.37. The Bertz CT molecular complexity index is 994. The lowest BCUT2D eigenvalue weighted by molar-refractivity contribution is -0.134. The lowest BCUT2D eigenvalue weighted by atomic mass is 9.88. The van der Waals surface area contributed by atoms with E-state index < -0.39 is 5.66 Å². The van der Waals surface area contributed by atoms with E-state index in [0.717, 1.165) is 43.4 Å². The molecule has 1 aliphatic heterocycles. The lowest BCUT2D eigenvalue weighted by Crippen LogP contribution is -2.51. The summed E-state index contributed by atoms with van der Waals surface area (Å²) in [6.45, 7) is -0.0555. The number of ether oxygens (including phenoxy) is 2. The Morgan fingerprint density at radius 1 is 1.03 bits per heavy atom. The fourth-order valence-electron chi connectivity index (χ4n) is 4.37. The van der Waals surface area contributed by atoms with Crippen molar-refractivity contribution in [1.29, 1.82) is 0 Å². The molecule has 2 aliphatic rings. The Morgan fingerprint density at radius 2 is 1.74 bits per heavy atom. The van der Waals surface area contributed by atoms with Crippen LogP contribution in [0.25, 0.3) is 0 Å². The lowest BCUT2D eigenvalue weighted by Gasteiger charge is -2.38. The Morgan fingerprint density at radius 3 is 2.42 bits per heavy atom. The normalized spacial score (nSPS) is 17.4. The Labute approximate surface area is 182 Å². The molecule has 2 aromatic rings. The molecule has 1 aliphatic carbocycles. The summed E-state index contributed by atoms with van der Waals surface area (Å²) >= 11 is 0. The van der Waals surface area contributed by atoms with Crippen molar-refractivity contribution in [1.82, 2.24) is 4.90 Å². The molecule has 2 amide bonds. The number of hydrogen-bond acceptors (Lipinski definition) is 5. The number of anilines is 1. The van der Waals surface area contributed by atoms with E-state index in [0.29, 0.717) is 17.1 Å². The van der Waals surface area contributed by atoms with Crippen molar-refractivity contribution < 1.29 is 19.1 Å². The number of aliphatic imine (C=N–C) groups is 1. The van der Waals surface area contributed by atoms with Gasteiger partial charge in [-0.15, -0.1) is 0 Å². The summed E-state index contributed by atoms with van der Waals surface area (Å²) in [5.74, 6) is 0.817. The molecular formula is C24H27N3O4. The van der Waals surface area contributed by atoms with Crippen LogP contribution in [0.4, 0.5) is 5.69 Å². The van der Waals surface area contributed by atoms with Crippen molar-refractivity contribution in [2.45, 2.75) is 37.8 Å². The van der Waals surface area contributed by atoms with Crippen LogP contribution in [0.15, 0.2) is 53.5 Å². The summed E-state index contributed by atoms with van der Waals surface area (Å²) in [7, 11) is 3.16. The highest BCUT2D eigenvalue weighted by Gasteiger charge is 2.48. The molecule has 0 saturated heterocycles. The SMILES string of the molecule is COc1ccc(C2=NC3(CCCCC3)N(CC(=O)Nc3ccccc3OC)C2=O)cc1. The van der Waals surface area contributed by atoms with Crippen LogP contribution in [0.5, 0.6) is 11.5 Å². The molecule has 2 aromatic carbocycles. The van der Waals surface area contributed by atoms with Gasteiger partial charge in [0.15, 0.2) is 0 Å². The van der Waals surface area contributed by atoms with E-state index >= 15 is 0 Å². The van der Waals surface area contributed by atoms with E-state index in [-0.39, 0.29) is 18.4 Å². The minimum Gasteiger partial charge on any atom is -0.497 e. The van der Waals surface area contributed by atoms with Gasteiger partial charge in [0, 0.05) is 5.56 Å². The minimum atomic E-state index is -0.650. The molecule has 0 radical (unpaired) electrons. The number of methoxy groups -OCH3 is 2. The molecule has 162 valence electrons. The van der Waals surface area contributed by atoms with Gasteiger partial charge in [-0.3, -0.25) is 14.6 Å². The van der Waals surface area contributed by atoms with Gasteiger partial charge in [-0.1, -0.05) is 18.6 Å². The van der Waals surface area contributed by atoms with E-state index in [1.165, 1.54) is 0 Å². The average Bonchev–Trinajstić information content (AvgIpc) is 3.06. The van der Waals surface area contributed by atoms with Crippen molar-refractivity contribution in [2.75, 3.05) is 26.1 Å². The van der Waals surface area contributed by atoms with Gasteiger partial charge in [0.2, 0.25) is 5.91 Å². The highest BCUT2D eigenvalue weighted by atomic mass is 16.5. The predicted octanol–water partition coefficient (Wildman–Crippen LogP) is 3.63. The maximum Gasteiger partial charge on any atom is 0.275 e. The van der Waals surface area contributed by atoms with Crippen molar-refractivity contribution >= 4 is 23.2 Å². The number of nitrogens with one attached hydrogen (secondary N) is 1. The molecule has 1 fully saturated rings. The van der Waals surface area contributed by atoms with Crippen LogP contribution >= 0.6 is 0 Å². The Hall–Kier alpha value is -3.35. The Kier molecular flexibility index (Phi) is 5.93. The number of hydrogen-bond donors (Lipinski definition) is 1. The zero-order chi connectivity index (χ0) is 21.8. The van der Waals surface area contributed by atoms with Gasteiger partial charge in [0.1, 0.15) is 29.4 Å². The van der Waals surface area contributed by atoms with Gasteiger partial charge in [0.25, 0.3) is 5.91 Å². The van der Waals surface area contributed by atoms with Crippen molar-refractivity contribution in [3.8, 4) is 11.5 Å². The average molecular weight is 421 g/mol. The zero-order valence-corrected chi connectivity index (χ0v) is 17.9. The summed E-state index contributed by atoms with van der Waals surface area (Å²) in [5, 5.41) is 2.88. The number of carbonyl (C=O) groups excluding carboxylic acids is 2. The molecule has 1 saturated carbocycles. The standard InChI is InChI=1S/C24H27N3O4/c1-30-18-12-10-17(11-13-18)22-23(29)27(24(26-22)14-6-3-7-15-24)16-21(28)25-19-8-4-5-9-20(19)31-2/h4-5,8-13H,3,6-7,14-16H2,1-2H3,(H,25,28). The number of para-hydroxylation sites is 2. The molecular weight excluding hydrogens is 394 g/mol. The van der Waals surface area contributed by atoms with Gasteiger partial charge in [0.05, 0.1) is 19.9 Å². The van der Waals surface area contributed by atoms with Crippen LogP contribution in [0.1, 0.15) is 37.7 Å². The first-order valence-corrected chi connectivity index (χ1v) is 10.6. The van der Waals surface area contributed by atoms with Crippen molar-refractivity contribution in [3.05, 3.63) is 54.1 Å². The molecule has 7 heteroatoms. The topological polar surface area (TPSA) is 80.2 Å². The molecule has 0 bridgehead atoms. The number of benzene rings is 2. The summed E-state index contributed by atoms with van der Waals surface area (Å²) in [4.78, 5) is 32.9. The quantitative estimate of drug-likeness (QED) is 0.772. The van der Waals surface area contributed by atoms with Crippen LogP contribution in [0.3, 0.4) is 0 Å². The van der Waals surface area contributed by atoms with Gasteiger partial charge in [-0.05, 0) is 62.1 Å². The summed E-state index contributed by atoms with van der Waals surface area (Å²) in [6, 6.07) is 14.5. The van der Waals surface area contributed by atoms with Gasteiger partial charge >= 0.3 is 0 Å². The second kappa shape index (κ2) is 8.79. The molecule has 1 N–H and O–H groups in total. The van der Waals surface area contributed by atoms with E-state index in [4.69, 9.17) is 14.5 Å². The summed E-state index contributed by atoms with van der Waals surface area (Å²) < 4.78 is 10.5. The fraction of sp³-hybridized carbons (Fsp3) is 0.375. The molecule has 0 atom stereocenters. The third kappa shape index (κ3) is 4.13. The van der Waals surface area contributed by atoms with Crippen LogP contribution in [0.2, 0.25) is 0 Å². The number of rotatable bonds is 6. The molecule has 1 spiro atoms. The predicted molar refractivity (Wildman–Crippen MR) is 119 cm³/mol. The smallest absolute Gasteiger partial charge is 0.275 e.